The summed E-state index contributed by atoms with van der Waals surface area (Å²) in [6.07, 6.45) is 6.26. The molecule has 0 fully saturated rings. The summed E-state index contributed by atoms with van der Waals surface area (Å²) in [6, 6.07) is 5.42. The molecule has 0 heterocycles. The zero-order chi connectivity index (χ0) is 14.3. The summed E-state index contributed by atoms with van der Waals surface area (Å²) in [6.45, 7) is 5.70. The molecule has 1 rings (SSSR count). The highest BCUT2D eigenvalue weighted by atomic mass is 35.5. The lowest BCUT2D eigenvalue weighted by Gasteiger charge is -2.04. The van der Waals surface area contributed by atoms with Crippen molar-refractivity contribution in [2.45, 2.75) is 11.8 Å². The van der Waals surface area contributed by atoms with Crippen LogP contribution in [-0.2, 0) is 4.79 Å². The summed E-state index contributed by atoms with van der Waals surface area (Å²) in [7, 11) is 0. The van der Waals surface area contributed by atoms with E-state index in [-0.39, 0.29) is 0 Å². The van der Waals surface area contributed by atoms with Crippen LogP contribution in [0.4, 0.5) is 0 Å². The standard InChI is InChI=1S/C15H14Cl2OS/c1-11(9-18)4-3-5-12(2)10-19-15-7-6-13(16)8-14(15)17/h3-9H,2,10H2,1H3/b5-3-,11-4+. The molecule has 4 heteroatoms. The Morgan fingerprint density at radius 2 is 2.16 bits per heavy atom. The van der Waals surface area contributed by atoms with Gasteiger partial charge in [0.15, 0.2) is 0 Å². The third kappa shape index (κ3) is 6.15. The van der Waals surface area contributed by atoms with E-state index >= 15 is 0 Å². The van der Waals surface area contributed by atoms with Gasteiger partial charge in [0.1, 0.15) is 6.29 Å². The molecule has 100 valence electrons. The number of rotatable bonds is 6. The molecule has 1 aromatic rings. The van der Waals surface area contributed by atoms with Crippen LogP contribution in [0.1, 0.15) is 6.92 Å². The van der Waals surface area contributed by atoms with Gasteiger partial charge in [-0.05, 0) is 36.3 Å². The summed E-state index contributed by atoms with van der Waals surface area (Å²) in [5.41, 5.74) is 1.63. The van der Waals surface area contributed by atoms with E-state index in [1.54, 1.807) is 30.8 Å². The Morgan fingerprint density at radius 3 is 2.79 bits per heavy atom. The third-order valence-corrected chi connectivity index (χ3v) is 4.03. The van der Waals surface area contributed by atoms with E-state index in [0.29, 0.717) is 15.6 Å². The Kier molecular flexibility index (Phi) is 7.00. The number of aldehydes is 1. The van der Waals surface area contributed by atoms with Crippen LogP contribution < -0.4 is 0 Å². The number of hydrogen-bond donors (Lipinski definition) is 0. The second-order valence-corrected chi connectivity index (χ2v) is 5.77. The van der Waals surface area contributed by atoms with E-state index in [2.05, 4.69) is 6.58 Å². The van der Waals surface area contributed by atoms with Gasteiger partial charge in [0.05, 0.1) is 5.02 Å². The molecular weight excluding hydrogens is 299 g/mol. The lowest BCUT2D eigenvalue weighted by atomic mass is 10.2. The van der Waals surface area contributed by atoms with E-state index in [4.69, 9.17) is 23.2 Å². The van der Waals surface area contributed by atoms with Crippen LogP contribution in [0.25, 0.3) is 0 Å². The van der Waals surface area contributed by atoms with Gasteiger partial charge >= 0.3 is 0 Å². The first-order valence-electron chi connectivity index (χ1n) is 5.58. The number of carbonyl (C=O) groups is 1. The van der Waals surface area contributed by atoms with E-state index in [1.165, 1.54) is 0 Å². The van der Waals surface area contributed by atoms with E-state index in [9.17, 15) is 4.79 Å². The molecule has 0 atom stereocenters. The normalized spacial score (nSPS) is 11.8. The summed E-state index contributed by atoms with van der Waals surface area (Å²) in [4.78, 5) is 11.4. The molecule has 0 radical (unpaired) electrons. The summed E-state index contributed by atoms with van der Waals surface area (Å²) in [5.74, 6) is 0.728. The van der Waals surface area contributed by atoms with Crippen molar-refractivity contribution in [2.75, 3.05) is 5.75 Å². The zero-order valence-electron chi connectivity index (χ0n) is 10.5. The highest BCUT2D eigenvalue weighted by molar-refractivity contribution is 7.99. The molecule has 0 aliphatic carbocycles. The summed E-state index contributed by atoms with van der Waals surface area (Å²) in [5, 5.41) is 1.27. The highest BCUT2D eigenvalue weighted by Gasteiger charge is 2.02. The maximum absolute atomic E-state index is 10.4. The van der Waals surface area contributed by atoms with E-state index in [0.717, 1.165) is 22.5 Å². The quantitative estimate of drug-likeness (QED) is 0.305. The lowest BCUT2D eigenvalue weighted by molar-refractivity contribution is -0.104. The molecule has 1 aromatic carbocycles. The Balaban J connectivity index is 2.53. The minimum atomic E-state index is 0.627. The van der Waals surface area contributed by atoms with Gasteiger partial charge in [-0.3, -0.25) is 4.79 Å². The van der Waals surface area contributed by atoms with Gasteiger partial charge in [0.25, 0.3) is 0 Å². The molecule has 1 nitrogen and oxygen atoms in total. The predicted molar refractivity (Wildman–Crippen MR) is 85.3 cm³/mol. The fraction of sp³-hybridized carbons (Fsp3) is 0.133. The highest BCUT2D eigenvalue weighted by Crippen LogP contribution is 2.30. The van der Waals surface area contributed by atoms with Crippen molar-refractivity contribution >= 4 is 41.2 Å². The Morgan fingerprint density at radius 1 is 1.42 bits per heavy atom. The predicted octanol–water partition coefficient (Wildman–Crippen LogP) is 5.34. The average molecular weight is 313 g/mol. The smallest absolute Gasteiger partial charge is 0.145 e. The van der Waals surface area contributed by atoms with Crippen molar-refractivity contribution in [1.29, 1.82) is 0 Å². The SMILES string of the molecule is C=C(/C=C\C=C(/C)C=O)CSc1ccc(Cl)cc1Cl. The number of benzene rings is 1. The third-order valence-electron chi connectivity index (χ3n) is 2.18. The van der Waals surface area contributed by atoms with E-state index < -0.39 is 0 Å². The molecule has 0 spiro atoms. The lowest BCUT2D eigenvalue weighted by Crippen LogP contribution is -1.83. The summed E-state index contributed by atoms with van der Waals surface area (Å²) >= 11 is 13.5. The molecule has 0 N–H and O–H groups in total. The molecule has 0 saturated carbocycles. The number of halogens is 2. The molecule has 0 aromatic heterocycles. The molecule has 0 saturated heterocycles. The summed E-state index contributed by atoms with van der Waals surface area (Å²) < 4.78 is 0. The van der Waals surface area contributed by atoms with Crippen molar-refractivity contribution in [1.82, 2.24) is 0 Å². The second-order valence-electron chi connectivity index (χ2n) is 3.91. The first-order valence-corrected chi connectivity index (χ1v) is 7.33. The maximum atomic E-state index is 10.4. The van der Waals surface area contributed by atoms with Crippen LogP contribution in [0.2, 0.25) is 10.0 Å². The van der Waals surface area contributed by atoms with Crippen LogP contribution in [-0.4, -0.2) is 12.0 Å². The van der Waals surface area contributed by atoms with Gasteiger partial charge in [0.2, 0.25) is 0 Å². The van der Waals surface area contributed by atoms with Crippen LogP contribution in [0.15, 0.2) is 59.0 Å². The van der Waals surface area contributed by atoms with Gasteiger partial charge in [0, 0.05) is 15.7 Å². The van der Waals surface area contributed by atoms with Crippen LogP contribution in [0, 0.1) is 0 Å². The van der Waals surface area contributed by atoms with Crippen molar-refractivity contribution in [3.8, 4) is 0 Å². The van der Waals surface area contributed by atoms with Gasteiger partial charge in [-0.2, -0.15) is 0 Å². The zero-order valence-corrected chi connectivity index (χ0v) is 12.9. The number of thioether (sulfide) groups is 1. The van der Waals surface area contributed by atoms with Gasteiger partial charge in [-0.1, -0.05) is 48.0 Å². The molecule has 0 unspecified atom stereocenters. The fourth-order valence-electron chi connectivity index (χ4n) is 1.19. The van der Waals surface area contributed by atoms with Gasteiger partial charge < -0.3 is 0 Å². The van der Waals surface area contributed by atoms with E-state index in [1.807, 2.05) is 24.3 Å². The maximum Gasteiger partial charge on any atom is 0.145 e. The van der Waals surface area contributed by atoms with Crippen molar-refractivity contribution in [2.24, 2.45) is 0 Å². The van der Waals surface area contributed by atoms with Crippen molar-refractivity contribution < 1.29 is 4.79 Å². The first-order chi connectivity index (χ1) is 9.02. The van der Waals surface area contributed by atoms with Crippen molar-refractivity contribution in [3.63, 3.8) is 0 Å². The molecule has 0 aliphatic heterocycles. The first kappa shape index (κ1) is 16.1. The number of carbonyl (C=O) groups excluding carboxylic acids is 1. The molecular formula is C15H14Cl2OS. The van der Waals surface area contributed by atoms with Crippen LogP contribution >= 0.6 is 35.0 Å². The molecule has 0 aliphatic rings. The Hall–Kier alpha value is -0.960. The monoisotopic (exact) mass is 312 g/mol. The number of hydrogen-bond acceptors (Lipinski definition) is 2. The minimum absolute atomic E-state index is 0.627. The Bertz CT molecular complexity index is 533. The largest absolute Gasteiger partial charge is 0.298 e. The fourth-order valence-corrected chi connectivity index (χ4v) is 2.56. The van der Waals surface area contributed by atoms with Gasteiger partial charge in [-0.15, -0.1) is 11.8 Å². The molecule has 0 amide bonds. The van der Waals surface area contributed by atoms with Crippen molar-refractivity contribution in [3.05, 3.63) is 64.2 Å². The average Bonchev–Trinajstić information content (AvgIpc) is 2.37. The van der Waals surface area contributed by atoms with Crippen LogP contribution in [0.3, 0.4) is 0 Å². The van der Waals surface area contributed by atoms with Gasteiger partial charge in [-0.25, -0.2) is 0 Å². The molecule has 19 heavy (non-hydrogen) atoms. The minimum Gasteiger partial charge on any atom is -0.298 e. The second kappa shape index (κ2) is 8.26. The topological polar surface area (TPSA) is 17.1 Å². The Labute approximate surface area is 128 Å². The molecule has 0 bridgehead atoms. The number of allylic oxidation sites excluding steroid dienone is 4. The van der Waals surface area contributed by atoms with Crippen LogP contribution in [0.5, 0.6) is 0 Å².